The van der Waals surface area contributed by atoms with Crippen LogP contribution >= 0.6 is 22.6 Å². The molecule has 0 aromatic heterocycles. The summed E-state index contributed by atoms with van der Waals surface area (Å²) in [4.78, 5) is 13.2. The van der Waals surface area contributed by atoms with Gasteiger partial charge in [0.2, 0.25) is 0 Å². The molecule has 1 amide bonds. The summed E-state index contributed by atoms with van der Waals surface area (Å²) in [5.74, 6) is -0.246. The third-order valence-corrected chi connectivity index (χ3v) is 5.45. The predicted octanol–water partition coefficient (Wildman–Crippen LogP) is 1.53. The zero-order valence-corrected chi connectivity index (χ0v) is 14.8. The van der Waals surface area contributed by atoms with Crippen LogP contribution in [0.2, 0.25) is 25.7 Å². The van der Waals surface area contributed by atoms with Crippen molar-refractivity contribution >= 4 is 36.6 Å². The van der Waals surface area contributed by atoms with Crippen molar-refractivity contribution in [1.29, 1.82) is 0 Å². The van der Waals surface area contributed by atoms with Crippen LogP contribution in [0.15, 0.2) is 9.66 Å². The van der Waals surface area contributed by atoms with Crippen molar-refractivity contribution in [3.63, 3.8) is 0 Å². The van der Waals surface area contributed by atoms with Crippen molar-refractivity contribution in [2.75, 3.05) is 19.9 Å². The van der Waals surface area contributed by atoms with Crippen LogP contribution in [0.25, 0.3) is 0 Å². The van der Waals surface area contributed by atoms with Gasteiger partial charge in [-0.3, -0.25) is 9.69 Å². The molecule has 1 heterocycles. The first-order valence-electron chi connectivity index (χ1n) is 6.31. The fourth-order valence-corrected chi connectivity index (χ4v) is 3.27. The molecule has 1 atom stereocenters. The lowest BCUT2D eigenvalue weighted by molar-refractivity contribution is -0.157. The van der Waals surface area contributed by atoms with Crippen LogP contribution in [0.1, 0.15) is 6.42 Å². The van der Waals surface area contributed by atoms with E-state index in [0.29, 0.717) is 10.2 Å². The van der Waals surface area contributed by atoms with Gasteiger partial charge in [-0.2, -0.15) is 0 Å². The van der Waals surface area contributed by atoms with Crippen molar-refractivity contribution in [3.05, 3.63) is 9.66 Å². The lowest BCUT2D eigenvalue weighted by Gasteiger charge is -2.32. The van der Waals surface area contributed by atoms with Crippen molar-refractivity contribution in [1.82, 2.24) is 4.90 Å². The SMILES string of the molecule is C[Si](C)(C)CCOCN1C(=O)C(I)=CC1(O)CCO. The van der Waals surface area contributed by atoms with Gasteiger partial charge in [0.25, 0.3) is 5.91 Å². The van der Waals surface area contributed by atoms with Gasteiger partial charge in [-0.25, -0.2) is 0 Å². The molecule has 19 heavy (non-hydrogen) atoms. The molecule has 0 bridgehead atoms. The van der Waals surface area contributed by atoms with Crippen LogP contribution in [0, 0.1) is 0 Å². The third kappa shape index (κ3) is 4.82. The topological polar surface area (TPSA) is 70.0 Å². The van der Waals surface area contributed by atoms with Crippen LogP contribution in [0.3, 0.4) is 0 Å². The summed E-state index contributed by atoms with van der Waals surface area (Å²) in [7, 11) is -1.16. The van der Waals surface area contributed by atoms with E-state index in [4.69, 9.17) is 9.84 Å². The molecule has 0 aliphatic carbocycles. The highest BCUT2D eigenvalue weighted by molar-refractivity contribution is 14.1. The molecule has 1 rings (SSSR count). The number of nitrogens with zero attached hydrogens (tertiary/aromatic N) is 1. The van der Waals surface area contributed by atoms with E-state index in [1.807, 2.05) is 22.6 Å². The van der Waals surface area contributed by atoms with Crippen LogP contribution < -0.4 is 0 Å². The second-order valence-corrected chi connectivity index (χ2v) is 12.7. The molecule has 0 fully saturated rings. The Hall–Kier alpha value is 0.0369. The van der Waals surface area contributed by atoms with E-state index >= 15 is 0 Å². The van der Waals surface area contributed by atoms with Crippen molar-refractivity contribution < 1.29 is 19.7 Å². The Morgan fingerprint density at radius 2 is 2.11 bits per heavy atom. The zero-order valence-electron chi connectivity index (χ0n) is 11.6. The lowest BCUT2D eigenvalue weighted by atomic mass is 10.1. The number of hydrogen-bond acceptors (Lipinski definition) is 4. The summed E-state index contributed by atoms with van der Waals surface area (Å²) in [6.45, 7) is 7.22. The van der Waals surface area contributed by atoms with Gasteiger partial charge >= 0.3 is 0 Å². The van der Waals surface area contributed by atoms with Gasteiger partial charge < -0.3 is 14.9 Å². The number of aliphatic hydroxyl groups is 2. The van der Waals surface area contributed by atoms with Crippen molar-refractivity contribution in [2.24, 2.45) is 0 Å². The highest BCUT2D eigenvalue weighted by Gasteiger charge is 2.42. The molecular formula is C12H22INO4Si. The second-order valence-electron chi connectivity index (χ2n) is 5.93. The molecule has 7 heteroatoms. The number of carbonyl (C=O) groups excluding carboxylic acids is 1. The molecule has 1 unspecified atom stereocenters. The first kappa shape index (κ1) is 17.1. The molecule has 0 aromatic carbocycles. The Morgan fingerprint density at radius 3 is 2.63 bits per heavy atom. The van der Waals surface area contributed by atoms with Crippen LogP contribution in [-0.2, 0) is 9.53 Å². The highest BCUT2D eigenvalue weighted by Crippen LogP contribution is 2.32. The summed E-state index contributed by atoms with van der Waals surface area (Å²) >= 11 is 1.89. The van der Waals surface area contributed by atoms with Gasteiger partial charge in [0.15, 0.2) is 5.72 Å². The average molecular weight is 399 g/mol. The molecule has 5 nitrogen and oxygen atoms in total. The fraction of sp³-hybridized carbons (Fsp3) is 0.750. The monoisotopic (exact) mass is 399 g/mol. The molecule has 0 spiro atoms. The summed E-state index contributed by atoms with van der Waals surface area (Å²) in [6, 6.07) is 1.01. The molecule has 1 aliphatic heterocycles. The maximum atomic E-state index is 11.9. The van der Waals surface area contributed by atoms with E-state index in [-0.39, 0.29) is 25.7 Å². The van der Waals surface area contributed by atoms with E-state index < -0.39 is 13.8 Å². The van der Waals surface area contributed by atoms with Crippen LogP contribution in [-0.4, -0.2) is 54.8 Å². The molecule has 110 valence electrons. The Morgan fingerprint density at radius 1 is 1.47 bits per heavy atom. The molecule has 2 N–H and O–H groups in total. The molecule has 0 saturated carbocycles. The number of aliphatic hydroxyl groups excluding tert-OH is 1. The minimum atomic E-state index is -1.42. The normalized spacial score (nSPS) is 24.0. The Kier molecular flexibility index (Phi) is 5.99. The minimum Gasteiger partial charge on any atom is -0.396 e. The van der Waals surface area contributed by atoms with Gasteiger partial charge in [-0.15, -0.1) is 0 Å². The number of rotatable bonds is 7. The summed E-state index contributed by atoms with van der Waals surface area (Å²) in [6.07, 6.45) is 1.58. The summed E-state index contributed by atoms with van der Waals surface area (Å²) in [5, 5.41) is 19.3. The number of ether oxygens (including phenoxy) is 1. The maximum absolute atomic E-state index is 11.9. The van der Waals surface area contributed by atoms with E-state index in [9.17, 15) is 9.90 Å². The standard InChI is InChI=1S/C12H22INO4Si/c1-19(2,3)7-6-18-9-14-11(16)10(13)8-12(14,17)4-5-15/h8,15,17H,4-7,9H2,1-3H3. The van der Waals surface area contributed by atoms with Gasteiger partial charge in [0.1, 0.15) is 6.73 Å². The average Bonchev–Trinajstić information content (AvgIpc) is 2.46. The quantitative estimate of drug-likeness (QED) is 0.387. The Bertz CT molecular complexity index is 369. The van der Waals surface area contributed by atoms with Gasteiger partial charge in [-0.1, -0.05) is 19.6 Å². The highest BCUT2D eigenvalue weighted by atomic mass is 127. The number of amides is 1. The Labute approximate surface area is 128 Å². The smallest absolute Gasteiger partial charge is 0.264 e. The van der Waals surface area contributed by atoms with Gasteiger partial charge in [0, 0.05) is 27.7 Å². The molecule has 0 aromatic rings. The zero-order chi connectivity index (χ0) is 14.7. The number of hydrogen-bond donors (Lipinski definition) is 2. The van der Waals surface area contributed by atoms with E-state index in [0.717, 1.165) is 6.04 Å². The van der Waals surface area contributed by atoms with Gasteiger partial charge in [-0.05, 0) is 34.7 Å². The first-order valence-corrected chi connectivity index (χ1v) is 11.1. The number of carbonyl (C=O) groups is 1. The fourth-order valence-electron chi connectivity index (χ4n) is 1.72. The minimum absolute atomic E-state index is 0.0583. The van der Waals surface area contributed by atoms with Gasteiger partial charge in [0.05, 0.1) is 3.58 Å². The summed E-state index contributed by atoms with van der Waals surface area (Å²) in [5.41, 5.74) is -1.42. The Balaban J connectivity index is 2.54. The predicted molar refractivity (Wildman–Crippen MR) is 84.6 cm³/mol. The van der Waals surface area contributed by atoms with Crippen LogP contribution in [0.5, 0.6) is 0 Å². The van der Waals surface area contributed by atoms with Crippen molar-refractivity contribution in [2.45, 2.75) is 37.8 Å². The first-order chi connectivity index (χ1) is 8.69. The van der Waals surface area contributed by atoms with Crippen molar-refractivity contribution in [3.8, 4) is 0 Å². The number of halogens is 1. The van der Waals surface area contributed by atoms with E-state index in [1.54, 1.807) is 0 Å². The lowest BCUT2D eigenvalue weighted by Crippen LogP contribution is -2.48. The van der Waals surface area contributed by atoms with E-state index in [2.05, 4.69) is 19.6 Å². The molecule has 0 radical (unpaired) electrons. The molecular weight excluding hydrogens is 377 g/mol. The van der Waals surface area contributed by atoms with E-state index in [1.165, 1.54) is 11.0 Å². The maximum Gasteiger partial charge on any atom is 0.264 e. The largest absolute Gasteiger partial charge is 0.396 e. The molecule has 1 aliphatic rings. The second kappa shape index (κ2) is 6.66. The summed E-state index contributed by atoms with van der Waals surface area (Å²) < 4.78 is 5.98. The van der Waals surface area contributed by atoms with Crippen LogP contribution in [0.4, 0.5) is 0 Å². The molecule has 0 saturated heterocycles. The third-order valence-electron chi connectivity index (χ3n) is 2.97.